The van der Waals surface area contributed by atoms with Crippen LogP contribution in [0.15, 0.2) is 43.0 Å². The van der Waals surface area contributed by atoms with Crippen LogP contribution in [0.3, 0.4) is 0 Å². The highest BCUT2D eigenvalue weighted by molar-refractivity contribution is 5.97. The molecule has 0 radical (unpaired) electrons. The predicted octanol–water partition coefficient (Wildman–Crippen LogP) is 1.96. The van der Waals surface area contributed by atoms with Gasteiger partial charge in [-0.15, -0.1) is 6.58 Å². The summed E-state index contributed by atoms with van der Waals surface area (Å²) in [5, 5.41) is 8.55. The third kappa shape index (κ3) is 6.00. The molecule has 0 spiro atoms. The van der Waals surface area contributed by atoms with Crippen LogP contribution in [0.2, 0.25) is 0 Å². The van der Waals surface area contributed by atoms with E-state index < -0.39 is 12.1 Å². The van der Waals surface area contributed by atoms with Crippen molar-refractivity contribution in [1.82, 2.24) is 16.0 Å². The fourth-order valence-electron chi connectivity index (χ4n) is 4.06. The largest absolute Gasteiger partial charge is 0.451 e. The Morgan fingerprint density at radius 2 is 1.88 bits per heavy atom. The van der Waals surface area contributed by atoms with Crippen LogP contribution in [-0.4, -0.2) is 47.9 Å². The third-order valence-corrected chi connectivity index (χ3v) is 6.55. The number of ether oxygens (including phenoxy) is 1. The number of carbonyl (C=O) groups is 4. The first-order valence-corrected chi connectivity index (χ1v) is 11.5. The maximum atomic E-state index is 12.5. The van der Waals surface area contributed by atoms with E-state index in [0.717, 1.165) is 12.8 Å². The molecule has 2 aliphatic rings. The summed E-state index contributed by atoms with van der Waals surface area (Å²) in [6.07, 6.45) is 3.17. The molecule has 3 rings (SSSR count). The SMILES string of the molecule is C=C[C@H](C[C@@H]1C[C@@H]1NC(=O)[C@@H]1OC(=O)[C@H]1[C@@H](C)CC)NC(=O)[C@H](C)NC(=O)c1ccccc1. The van der Waals surface area contributed by atoms with Gasteiger partial charge in [0, 0.05) is 17.6 Å². The van der Waals surface area contributed by atoms with Crippen molar-refractivity contribution in [3.05, 3.63) is 48.6 Å². The van der Waals surface area contributed by atoms with E-state index >= 15 is 0 Å². The van der Waals surface area contributed by atoms with Gasteiger partial charge < -0.3 is 20.7 Å². The minimum absolute atomic E-state index is 0.0102. The molecule has 8 nitrogen and oxygen atoms in total. The molecule has 7 atom stereocenters. The van der Waals surface area contributed by atoms with E-state index in [1.54, 1.807) is 37.3 Å². The molecule has 1 heterocycles. The van der Waals surface area contributed by atoms with Crippen LogP contribution in [0.5, 0.6) is 0 Å². The molecule has 3 N–H and O–H groups in total. The monoisotopic (exact) mass is 455 g/mol. The molecule has 0 bridgehead atoms. The molecule has 3 amide bonds. The lowest BCUT2D eigenvalue weighted by Crippen LogP contribution is -2.56. The highest BCUT2D eigenvalue weighted by atomic mass is 16.6. The van der Waals surface area contributed by atoms with Crippen molar-refractivity contribution in [2.45, 2.75) is 64.3 Å². The Morgan fingerprint density at radius 3 is 2.48 bits per heavy atom. The fraction of sp³-hybridized carbons (Fsp3) is 0.520. The van der Waals surface area contributed by atoms with Crippen LogP contribution in [0.1, 0.15) is 50.4 Å². The van der Waals surface area contributed by atoms with Gasteiger partial charge in [0.1, 0.15) is 12.0 Å². The fourth-order valence-corrected chi connectivity index (χ4v) is 4.06. The first kappa shape index (κ1) is 24.5. The van der Waals surface area contributed by atoms with Gasteiger partial charge in [-0.2, -0.15) is 0 Å². The number of esters is 1. The number of nitrogens with one attached hydrogen (secondary N) is 3. The molecule has 0 aromatic heterocycles. The summed E-state index contributed by atoms with van der Waals surface area (Å²) in [7, 11) is 0. The van der Waals surface area contributed by atoms with E-state index in [4.69, 9.17) is 4.74 Å². The Balaban J connectivity index is 1.43. The lowest BCUT2D eigenvalue weighted by molar-refractivity contribution is -0.193. The number of benzene rings is 1. The number of hydrogen-bond donors (Lipinski definition) is 3. The van der Waals surface area contributed by atoms with Gasteiger partial charge in [0.25, 0.3) is 11.8 Å². The lowest BCUT2D eigenvalue weighted by atomic mass is 9.83. The van der Waals surface area contributed by atoms with Gasteiger partial charge in [0.05, 0.1) is 0 Å². The molecular weight excluding hydrogens is 422 g/mol. The van der Waals surface area contributed by atoms with Crippen molar-refractivity contribution in [3.8, 4) is 0 Å². The second-order valence-corrected chi connectivity index (χ2v) is 9.03. The van der Waals surface area contributed by atoms with Crippen molar-refractivity contribution in [1.29, 1.82) is 0 Å². The summed E-state index contributed by atoms with van der Waals surface area (Å²) in [4.78, 5) is 49.0. The van der Waals surface area contributed by atoms with E-state index in [1.807, 2.05) is 19.9 Å². The third-order valence-electron chi connectivity index (χ3n) is 6.55. The highest BCUT2D eigenvalue weighted by Gasteiger charge is 2.51. The van der Waals surface area contributed by atoms with Crippen LogP contribution in [0, 0.1) is 17.8 Å². The molecule has 2 fully saturated rings. The topological polar surface area (TPSA) is 114 Å². The lowest BCUT2D eigenvalue weighted by Gasteiger charge is -2.37. The zero-order valence-electron chi connectivity index (χ0n) is 19.4. The van der Waals surface area contributed by atoms with Crippen LogP contribution in [-0.2, 0) is 19.1 Å². The summed E-state index contributed by atoms with van der Waals surface area (Å²) in [6.45, 7) is 9.36. The molecule has 1 aliphatic heterocycles. The zero-order valence-corrected chi connectivity index (χ0v) is 19.4. The van der Waals surface area contributed by atoms with E-state index in [1.165, 1.54) is 0 Å². The van der Waals surface area contributed by atoms with Gasteiger partial charge in [-0.1, -0.05) is 44.5 Å². The average Bonchev–Trinajstić information content (AvgIpc) is 3.53. The van der Waals surface area contributed by atoms with E-state index in [0.29, 0.717) is 12.0 Å². The van der Waals surface area contributed by atoms with Gasteiger partial charge in [0.2, 0.25) is 5.91 Å². The van der Waals surface area contributed by atoms with Crippen molar-refractivity contribution >= 4 is 23.7 Å². The van der Waals surface area contributed by atoms with E-state index in [9.17, 15) is 19.2 Å². The van der Waals surface area contributed by atoms with Crippen molar-refractivity contribution in [2.75, 3.05) is 0 Å². The highest BCUT2D eigenvalue weighted by Crippen LogP contribution is 2.37. The first-order valence-electron chi connectivity index (χ1n) is 11.5. The number of rotatable bonds is 11. The Labute approximate surface area is 194 Å². The Kier molecular flexibility index (Phi) is 7.89. The minimum Gasteiger partial charge on any atom is -0.451 e. The van der Waals surface area contributed by atoms with Crippen molar-refractivity contribution in [2.24, 2.45) is 17.8 Å². The van der Waals surface area contributed by atoms with Gasteiger partial charge in [-0.25, -0.2) is 0 Å². The molecule has 8 heteroatoms. The Hall–Kier alpha value is -3.16. The average molecular weight is 456 g/mol. The summed E-state index contributed by atoms with van der Waals surface area (Å²) in [6, 6.07) is 7.71. The molecule has 33 heavy (non-hydrogen) atoms. The van der Waals surface area contributed by atoms with Gasteiger partial charge in [0.15, 0.2) is 6.10 Å². The van der Waals surface area contributed by atoms with E-state index in [2.05, 4.69) is 22.5 Å². The molecule has 1 saturated carbocycles. The molecule has 1 saturated heterocycles. The summed E-state index contributed by atoms with van der Waals surface area (Å²) in [5.74, 6) is -1.25. The number of amides is 3. The van der Waals surface area contributed by atoms with Gasteiger partial charge in [-0.3, -0.25) is 19.2 Å². The van der Waals surface area contributed by atoms with Crippen LogP contribution in [0.4, 0.5) is 0 Å². The standard InChI is InChI=1S/C25H33N3O5/c1-5-14(3)20-21(33-25(20)32)24(31)28-19-13-17(19)12-18(6-2)27-22(29)15(4)26-23(30)16-10-8-7-9-11-16/h6-11,14-15,17-21H,2,5,12-13H2,1,3-4H3,(H,26,30)(H,27,29)(H,28,31)/t14-,15-,17+,18+,19-,20-,21+/m0/s1. The second kappa shape index (κ2) is 10.6. The maximum Gasteiger partial charge on any atom is 0.314 e. The van der Waals surface area contributed by atoms with Crippen LogP contribution in [0.25, 0.3) is 0 Å². The zero-order chi connectivity index (χ0) is 24.1. The van der Waals surface area contributed by atoms with Crippen molar-refractivity contribution < 1.29 is 23.9 Å². The number of hydrogen-bond acceptors (Lipinski definition) is 5. The van der Waals surface area contributed by atoms with Crippen LogP contribution >= 0.6 is 0 Å². The predicted molar refractivity (Wildman–Crippen MR) is 123 cm³/mol. The van der Waals surface area contributed by atoms with Gasteiger partial charge >= 0.3 is 5.97 Å². The molecular formula is C25H33N3O5. The summed E-state index contributed by atoms with van der Waals surface area (Å²) in [5.41, 5.74) is 0.488. The number of carbonyl (C=O) groups excluding carboxylic acids is 4. The van der Waals surface area contributed by atoms with Gasteiger partial charge in [-0.05, 0) is 43.7 Å². The quantitative estimate of drug-likeness (QED) is 0.349. The summed E-state index contributed by atoms with van der Waals surface area (Å²) < 4.78 is 5.09. The Bertz CT molecular complexity index is 903. The second-order valence-electron chi connectivity index (χ2n) is 9.03. The molecule has 1 aromatic carbocycles. The molecule has 1 aliphatic carbocycles. The molecule has 178 valence electrons. The molecule has 0 unspecified atom stereocenters. The van der Waals surface area contributed by atoms with Crippen molar-refractivity contribution in [3.63, 3.8) is 0 Å². The summed E-state index contributed by atoms with van der Waals surface area (Å²) >= 11 is 0. The normalized spacial score (nSPS) is 26.0. The minimum atomic E-state index is -0.710. The smallest absolute Gasteiger partial charge is 0.314 e. The number of cyclic esters (lactones) is 1. The first-order chi connectivity index (χ1) is 15.7. The molecule has 1 aromatic rings. The Morgan fingerprint density at radius 1 is 1.18 bits per heavy atom. The van der Waals surface area contributed by atoms with E-state index in [-0.39, 0.29) is 53.5 Å². The van der Waals surface area contributed by atoms with Crippen LogP contribution < -0.4 is 16.0 Å². The maximum absolute atomic E-state index is 12.5.